The van der Waals surface area contributed by atoms with E-state index in [-0.39, 0.29) is 0 Å². The largest absolute Gasteiger partial charge is 0.357 e. The lowest BCUT2D eigenvalue weighted by Crippen LogP contribution is -2.39. The summed E-state index contributed by atoms with van der Waals surface area (Å²) < 4.78 is 0. The van der Waals surface area contributed by atoms with Crippen LogP contribution in [0.15, 0.2) is 29.3 Å². The predicted octanol–water partition coefficient (Wildman–Crippen LogP) is 3.54. The fraction of sp³-hybridized carbons (Fsp3) is 0.619. The van der Waals surface area contributed by atoms with Gasteiger partial charge in [-0.15, -0.1) is 0 Å². The van der Waals surface area contributed by atoms with Crippen LogP contribution < -0.4 is 10.6 Å². The second-order valence-electron chi connectivity index (χ2n) is 7.45. The lowest BCUT2D eigenvalue weighted by molar-refractivity contribution is -0.130. The standard InChI is InChI=1S/C21H31ClN4O/c1-2-23-21(24-11-7-13-26-12-5-3-4-10-20(26)27)25-19-15-18(19)16-8-6-9-17(22)14-16/h6,8-9,14,18-19H,2-5,7,10-13,15H2,1H3,(H2,23,24,25). The van der Waals surface area contributed by atoms with Gasteiger partial charge in [-0.25, -0.2) is 0 Å². The Kier molecular flexibility index (Phi) is 7.39. The molecule has 2 unspecified atom stereocenters. The zero-order valence-corrected chi connectivity index (χ0v) is 17.0. The second kappa shape index (κ2) is 9.98. The van der Waals surface area contributed by atoms with E-state index in [1.54, 1.807) is 0 Å². The molecule has 1 saturated heterocycles. The predicted molar refractivity (Wildman–Crippen MR) is 111 cm³/mol. The summed E-state index contributed by atoms with van der Waals surface area (Å²) in [5.74, 6) is 1.68. The molecular formula is C21H31ClN4O. The Labute approximate surface area is 167 Å². The van der Waals surface area contributed by atoms with Gasteiger partial charge < -0.3 is 15.5 Å². The molecule has 2 fully saturated rings. The van der Waals surface area contributed by atoms with E-state index in [1.807, 2.05) is 17.0 Å². The summed E-state index contributed by atoms with van der Waals surface area (Å²) in [5, 5.41) is 7.65. The number of carbonyl (C=O) groups is 1. The van der Waals surface area contributed by atoms with Crippen LogP contribution >= 0.6 is 11.6 Å². The summed E-state index contributed by atoms with van der Waals surface area (Å²) in [6.45, 7) is 5.37. The molecule has 0 spiro atoms. The second-order valence-corrected chi connectivity index (χ2v) is 7.89. The highest BCUT2D eigenvalue weighted by molar-refractivity contribution is 6.30. The van der Waals surface area contributed by atoms with Crippen LogP contribution in [-0.2, 0) is 4.79 Å². The summed E-state index contributed by atoms with van der Waals surface area (Å²) in [5.41, 5.74) is 1.29. The quantitative estimate of drug-likeness (QED) is 0.425. The number of carbonyl (C=O) groups excluding carboxylic acids is 1. The summed E-state index contributed by atoms with van der Waals surface area (Å²) in [7, 11) is 0. The summed E-state index contributed by atoms with van der Waals surface area (Å²) >= 11 is 6.10. The van der Waals surface area contributed by atoms with Crippen LogP contribution in [0.25, 0.3) is 0 Å². The van der Waals surface area contributed by atoms with Crippen molar-refractivity contribution in [2.45, 2.75) is 57.4 Å². The molecule has 0 radical (unpaired) electrons. The lowest BCUT2D eigenvalue weighted by atomic mass is 10.1. The van der Waals surface area contributed by atoms with Crippen LogP contribution in [0.4, 0.5) is 0 Å². The Morgan fingerprint density at radius 1 is 1.33 bits per heavy atom. The molecule has 2 atom stereocenters. The average Bonchev–Trinajstić information content (AvgIpc) is 3.44. The molecule has 1 heterocycles. The monoisotopic (exact) mass is 390 g/mol. The van der Waals surface area contributed by atoms with Crippen LogP contribution in [0.3, 0.4) is 0 Å². The summed E-state index contributed by atoms with van der Waals surface area (Å²) in [6, 6.07) is 8.53. The average molecular weight is 391 g/mol. The first kappa shape index (κ1) is 20.0. The summed E-state index contributed by atoms with van der Waals surface area (Å²) in [4.78, 5) is 18.8. The third-order valence-corrected chi connectivity index (χ3v) is 5.50. The van der Waals surface area contributed by atoms with Crippen molar-refractivity contribution in [2.24, 2.45) is 4.99 Å². The fourth-order valence-corrected chi connectivity index (χ4v) is 3.88. The first-order chi connectivity index (χ1) is 13.2. The topological polar surface area (TPSA) is 56.7 Å². The van der Waals surface area contributed by atoms with E-state index in [0.717, 1.165) is 62.8 Å². The number of guanidine groups is 1. The number of hydrogen-bond donors (Lipinski definition) is 2. The Bertz CT molecular complexity index is 663. The third-order valence-electron chi connectivity index (χ3n) is 5.26. The summed E-state index contributed by atoms with van der Waals surface area (Å²) in [6.07, 6.45) is 6.06. The van der Waals surface area contributed by atoms with Gasteiger partial charge in [0.2, 0.25) is 5.91 Å². The molecule has 148 valence electrons. The van der Waals surface area contributed by atoms with Gasteiger partial charge in [0.15, 0.2) is 5.96 Å². The van der Waals surface area contributed by atoms with Crippen molar-refractivity contribution in [2.75, 3.05) is 26.2 Å². The normalized spacial score (nSPS) is 23.1. The molecule has 1 aliphatic heterocycles. The molecular weight excluding hydrogens is 360 g/mol. The Balaban J connectivity index is 1.45. The number of amides is 1. The molecule has 6 heteroatoms. The van der Waals surface area contributed by atoms with Gasteiger partial charge in [-0.3, -0.25) is 9.79 Å². The van der Waals surface area contributed by atoms with E-state index < -0.39 is 0 Å². The molecule has 5 nitrogen and oxygen atoms in total. The molecule has 3 rings (SSSR count). The minimum Gasteiger partial charge on any atom is -0.357 e. The van der Waals surface area contributed by atoms with E-state index in [2.05, 4.69) is 29.7 Å². The van der Waals surface area contributed by atoms with Gasteiger partial charge in [0.25, 0.3) is 0 Å². The van der Waals surface area contributed by atoms with Gasteiger partial charge in [0.05, 0.1) is 0 Å². The highest BCUT2D eigenvalue weighted by Crippen LogP contribution is 2.41. The highest BCUT2D eigenvalue weighted by atomic mass is 35.5. The Morgan fingerprint density at radius 2 is 2.22 bits per heavy atom. The van der Waals surface area contributed by atoms with Crippen molar-refractivity contribution < 1.29 is 4.79 Å². The smallest absolute Gasteiger partial charge is 0.222 e. The Hall–Kier alpha value is -1.75. The van der Waals surface area contributed by atoms with Crippen LogP contribution in [0, 0.1) is 0 Å². The van der Waals surface area contributed by atoms with Crippen LogP contribution in [0.1, 0.15) is 56.9 Å². The molecule has 1 amide bonds. The zero-order valence-electron chi connectivity index (χ0n) is 16.2. The molecule has 0 aromatic heterocycles. The SMILES string of the molecule is CCNC(=NCCCN1CCCCCC1=O)NC1CC1c1cccc(Cl)c1. The molecule has 1 aromatic carbocycles. The van der Waals surface area contributed by atoms with E-state index in [1.165, 1.54) is 12.0 Å². The molecule has 1 aliphatic carbocycles. The minimum absolute atomic E-state index is 0.309. The number of halogens is 1. The molecule has 0 bridgehead atoms. The number of hydrogen-bond acceptors (Lipinski definition) is 2. The lowest BCUT2D eigenvalue weighted by Gasteiger charge is -2.20. The molecule has 1 saturated carbocycles. The molecule has 2 aliphatic rings. The molecule has 2 N–H and O–H groups in total. The van der Waals surface area contributed by atoms with Crippen LogP contribution in [0.5, 0.6) is 0 Å². The van der Waals surface area contributed by atoms with Crippen molar-refractivity contribution in [3.8, 4) is 0 Å². The maximum absolute atomic E-state index is 12.0. The van der Waals surface area contributed by atoms with Crippen molar-refractivity contribution in [3.63, 3.8) is 0 Å². The number of rotatable bonds is 7. The van der Waals surface area contributed by atoms with Gasteiger partial charge in [-0.1, -0.05) is 30.2 Å². The highest BCUT2D eigenvalue weighted by Gasteiger charge is 2.39. The van der Waals surface area contributed by atoms with E-state index in [9.17, 15) is 4.79 Å². The van der Waals surface area contributed by atoms with Gasteiger partial charge >= 0.3 is 0 Å². The van der Waals surface area contributed by atoms with Crippen molar-refractivity contribution in [1.29, 1.82) is 0 Å². The number of nitrogens with zero attached hydrogens (tertiary/aromatic N) is 2. The first-order valence-corrected chi connectivity index (χ1v) is 10.6. The molecule has 1 aromatic rings. The minimum atomic E-state index is 0.309. The molecule has 27 heavy (non-hydrogen) atoms. The Morgan fingerprint density at radius 3 is 3.04 bits per heavy atom. The third kappa shape index (κ3) is 6.13. The number of likely N-dealkylation sites (tertiary alicyclic amines) is 1. The van der Waals surface area contributed by atoms with Gasteiger partial charge in [-0.2, -0.15) is 0 Å². The number of benzene rings is 1. The van der Waals surface area contributed by atoms with E-state index >= 15 is 0 Å². The van der Waals surface area contributed by atoms with E-state index in [4.69, 9.17) is 16.6 Å². The van der Waals surface area contributed by atoms with Crippen LogP contribution in [-0.4, -0.2) is 49.0 Å². The number of nitrogens with one attached hydrogen (secondary N) is 2. The number of aliphatic imine (C=N–C) groups is 1. The maximum Gasteiger partial charge on any atom is 0.222 e. The van der Waals surface area contributed by atoms with Gasteiger partial charge in [-0.05, 0) is 50.3 Å². The maximum atomic E-state index is 12.0. The van der Waals surface area contributed by atoms with Gasteiger partial charge in [0.1, 0.15) is 0 Å². The van der Waals surface area contributed by atoms with Crippen molar-refractivity contribution in [3.05, 3.63) is 34.9 Å². The van der Waals surface area contributed by atoms with Gasteiger partial charge in [0, 0.05) is 49.6 Å². The van der Waals surface area contributed by atoms with Crippen molar-refractivity contribution >= 4 is 23.5 Å². The van der Waals surface area contributed by atoms with E-state index in [0.29, 0.717) is 24.3 Å². The zero-order chi connectivity index (χ0) is 19.1. The fourth-order valence-electron chi connectivity index (χ4n) is 3.68. The van der Waals surface area contributed by atoms with Crippen molar-refractivity contribution in [1.82, 2.24) is 15.5 Å². The van der Waals surface area contributed by atoms with Crippen LogP contribution in [0.2, 0.25) is 5.02 Å². The first-order valence-electron chi connectivity index (χ1n) is 10.3.